The van der Waals surface area contributed by atoms with Gasteiger partial charge in [-0.25, -0.2) is 4.79 Å². The lowest BCUT2D eigenvalue weighted by molar-refractivity contribution is 0.208. The lowest BCUT2D eigenvalue weighted by Crippen LogP contribution is -2.47. The zero-order valence-electron chi connectivity index (χ0n) is 21.1. The van der Waals surface area contributed by atoms with Gasteiger partial charge in [-0.2, -0.15) is 0 Å². The molecule has 1 aliphatic carbocycles. The molecule has 1 saturated heterocycles. The van der Waals surface area contributed by atoms with E-state index in [0.29, 0.717) is 33.1 Å². The van der Waals surface area contributed by atoms with Crippen LogP contribution >= 0.6 is 23.2 Å². The van der Waals surface area contributed by atoms with Gasteiger partial charge in [0.05, 0.1) is 35.6 Å². The molecule has 0 radical (unpaired) electrons. The summed E-state index contributed by atoms with van der Waals surface area (Å²) in [4.78, 5) is 17.4. The molecule has 0 spiro atoms. The van der Waals surface area contributed by atoms with Crippen LogP contribution in [0.1, 0.15) is 32.1 Å². The minimum atomic E-state index is -0.195. The normalized spacial score (nSPS) is 20.6. The van der Waals surface area contributed by atoms with Crippen LogP contribution in [0, 0.1) is 5.92 Å². The monoisotopic (exact) mass is 534 g/mol. The fourth-order valence-corrected chi connectivity index (χ4v) is 5.57. The predicted molar refractivity (Wildman–Crippen MR) is 147 cm³/mol. The van der Waals surface area contributed by atoms with Crippen molar-refractivity contribution in [1.29, 1.82) is 0 Å². The summed E-state index contributed by atoms with van der Waals surface area (Å²) in [5.74, 6) is 1.97. The third kappa shape index (κ3) is 6.90. The summed E-state index contributed by atoms with van der Waals surface area (Å²) in [6.07, 6.45) is 5.53. The number of nitrogens with one attached hydrogen (secondary N) is 2. The molecular weight excluding hydrogens is 499 g/mol. The molecule has 4 rings (SSSR count). The average molecular weight is 536 g/mol. The number of benzene rings is 2. The van der Waals surface area contributed by atoms with E-state index in [1.807, 2.05) is 18.2 Å². The van der Waals surface area contributed by atoms with Gasteiger partial charge < -0.3 is 25.0 Å². The molecule has 36 heavy (non-hydrogen) atoms. The first-order chi connectivity index (χ1) is 17.5. The standard InChI is InChI=1S/C27H36Cl2N4O3/c1-35-21-10-11-23(25(18-21)36-2)31-27(34)30-20-8-6-19(7-9-20)12-13-32-14-16-33(17-15-32)24-5-3-4-22(28)26(24)29/h3-5,10-11,18-20H,6-9,12-17H2,1-2H3,(H2,30,31,34). The van der Waals surface area contributed by atoms with Crippen molar-refractivity contribution in [2.45, 2.75) is 38.1 Å². The van der Waals surface area contributed by atoms with Gasteiger partial charge in [-0.15, -0.1) is 0 Å². The van der Waals surface area contributed by atoms with E-state index >= 15 is 0 Å². The fourth-order valence-electron chi connectivity index (χ4n) is 5.16. The molecule has 9 heteroatoms. The Kier molecular flexibility index (Phi) is 9.46. The van der Waals surface area contributed by atoms with Crippen LogP contribution in [0.3, 0.4) is 0 Å². The number of amides is 2. The molecule has 1 heterocycles. The highest BCUT2D eigenvalue weighted by Crippen LogP contribution is 2.33. The van der Waals surface area contributed by atoms with Crippen molar-refractivity contribution in [2.24, 2.45) is 5.92 Å². The van der Waals surface area contributed by atoms with Crippen LogP contribution < -0.4 is 25.0 Å². The molecule has 2 aromatic carbocycles. The molecule has 0 unspecified atom stereocenters. The molecule has 1 aliphatic heterocycles. The number of methoxy groups -OCH3 is 2. The molecule has 0 bridgehead atoms. The van der Waals surface area contributed by atoms with E-state index in [0.717, 1.165) is 64.1 Å². The molecule has 2 aromatic rings. The Balaban J connectivity index is 1.15. The van der Waals surface area contributed by atoms with Gasteiger partial charge in [0, 0.05) is 38.3 Å². The van der Waals surface area contributed by atoms with E-state index in [2.05, 4.69) is 20.4 Å². The van der Waals surface area contributed by atoms with Gasteiger partial charge in [-0.05, 0) is 68.8 Å². The van der Waals surface area contributed by atoms with Crippen LogP contribution in [-0.4, -0.2) is 63.9 Å². The summed E-state index contributed by atoms with van der Waals surface area (Å²) >= 11 is 12.6. The molecule has 196 valence electrons. The zero-order chi connectivity index (χ0) is 25.5. The molecular formula is C27H36Cl2N4O3. The van der Waals surface area contributed by atoms with Crippen molar-refractivity contribution in [3.05, 3.63) is 46.4 Å². The molecule has 2 amide bonds. The van der Waals surface area contributed by atoms with E-state index in [-0.39, 0.29) is 12.1 Å². The molecule has 2 fully saturated rings. The smallest absolute Gasteiger partial charge is 0.319 e. The second-order valence-corrected chi connectivity index (χ2v) is 10.4. The molecule has 1 saturated carbocycles. The number of urea groups is 1. The van der Waals surface area contributed by atoms with Crippen molar-refractivity contribution in [3.63, 3.8) is 0 Å². The van der Waals surface area contributed by atoms with E-state index in [1.54, 1.807) is 32.4 Å². The van der Waals surface area contributed by atoms with Crippen LogP contribution in [0.2, 0.25) is 10.0 Å². The number of piperazine rings is 1. The highest BCUT2D eigenvalue weighted by atomic mass is 35.5. The minimum Gasteiger partial charge on any atom is -0.497 e. The van der Waals surface area contributed by atoms with Crippen LogP contribution in [0.4, 0.5) is 16.2 Å². The van der Waals surface area contributed by atoms with Gasteiger partial charge >= 0.3 is 6.03 Å². The highest BCUT2D eigenvalue weighted by molar-refractivity contribution is 6.43. The lowest BCUT2D eigenvalue weighted by Gasteiger charge is -2.37. The van der Waals surface area contributed by atoms with Crippen molar-refractivity contribution in [3.8, 4) is 11.5 Å². The first kappa shape index (κ1) is 26.7. The summed E-state index contributed by atoms with van der Waals surface area (Å²) in [5.41, 5.74) is 1.66. The number of carbonyl (C=O) groups excluding carboxylic acids is 1. The Hall–Kier alpha value is -2.35. The SMILES string of the molecule is COc1ccc(NC(=O)NC2CCC(CCN3CCN(c4cccc(Cl)c4Cl)CC3)CC2)c(OC)c1. The number of hydrogen-bond donors (Lipinski definition) is 2. The van der Waals surface area contributed by atoms with Gasteiger partial charge in [0.15, 0.2) is 0 Å². The lowest BCUT2D eigenvalue weighted by atomic mass is 9.84. The zero-order valence-corrected chi connectivity index (χ0v) is 22.6. The maximum Gasteiger partial charge on any atom is 0.319 e. The van der Waals surface area contributed by atoms with Crippen molar-refractivity contribution in [1.82, 2.24) is 10.2 Å². The van der Waals surface area contributed by atoms with Gasteiger partial charge in [-0.3, -0.25) is 4.90 Å². The Morgan fingerprint density at radius 1 is 1.00 bits per heavy atom. The van der Waals surface area contributed by atoms with Crippen molar-refractivity contribution < 1.29 is 14.3 Å². The Morgan fingerprint density at radius 3 is 2.44 bits per heavy atom. The second kappa shape index (κ2) is 12.7. The molecule has 0 aromatic heterocycles. The quantitative estimate of drug-likeness (QED) is 0.441. The number of rotatable bonds is 8. The van der Waals surface area contributed by atoms with Gasteiger partial charge in [0.2, 0.25) is 0 Å². The third-order valence-electron chi connectivity index (χ3n) is 7.34. The van der Waals surface area contributed by atoms with Gasteiger partial charge in [-0.1, -0.05) is 29.3 Å². The van der Waals surface area contributed by atoms with E-state index in [9.17, 15) is 4.79 Å². The average Bonchev–Trinajstić information content (AvgIpc) is 2.90. The summed E-state index contributed by atoms with van der Waals surface area (Å²) in [6, 6.07) is 11.2. The summed E-state index contributed by atoms with van der Waals surface area (Å²) in [6.45, 7) is 5.12. The molecule has 0 atom stereocenters. The molecule has 2 aliphatic rings. The minimum absolute atomic E-state index is 0.195. The molecule has 2 N–H and O–H groups in total. The van der Waals surface area contributed by atoms with Crippen LogP contribution in [-0.2, 0) is 0 Å². The first-order valence-electron chi connectivity index (χ1n) is 12.7. The summed E-state index contributed by atoms with van der Waals surface area (Å²) in [5, 5.41) is 7.29. The van der Waals surface area contributed by atoms with E-state index in [4.69, 9.17) is 32.7 Å². The highest BCUT2D eigenvalue weighted by Gasteiger charge is 2.25. The number of ether oxygens (including phenoxy) is 2. The van der Waals surface area contributed by atoms with Crippen LogP contribution in [0.5, 0.6) is 11.5 Å². The predicted octanol–water partition coefficient (Wildman–Crippen LogP) is 5.90. The number of carbonyl (C=O) groups is 1. The largest absolute Gasteiger partial charge is 0.497 e. The number of halogens is 2. The van der Waals surface area contributed by atoms with E-state index in [1.165, 1.54) is 6.42 Å². The third-order valence-corrected chi connectivity index (χ3v) is 8.15. The van der Waals surface area contributed by atoms with Crippen LogP contribution in [0.25, 0.3) is 0 Å². The van der Waals surface area contributed by atoms with Crippen LogP contribution in [0.15, 0.2) is 36.4 Å². The van der Waals surface area contributed by atoms with Crippen molar-refractivity contribution >= 4 is 40.6 Å². The van der Waals surface area contributed by atoms with Crippen molar-refractivity contribution in [2.75, 3.05) is 57.2 Å². The van der Waals surface area contributed by atoms with Gasteiger partial charge in [0.25, 0.3) is 0 Å². The number of anilines is 2. The molecule has 7 nitrogen and oxygen atoms in total. The number of nitrogens with zero attached hydrogens (tertiary/aromatic N) is 2. The summed E-state index contributed by atoms with van der Waals surface area (Å²) < 4.78 is 10.6. The fraction of sp³-hybridized carbons (Fsp3) is 0.519. The Labute approximate surface area is 224 Å². The maximum absolute atomic E-state index is 12.6. The summed E-state index contributed by atoms with van der Waals surface area (Å²) in [7, 11) is 3.18. The van der Waals surface area contributed by atoms with E-state index < -0.39 is 0 Å². The topological polar surface area (TPSA) is 66.1 Å². The Bertz CT molecular complexity index is 1020. The van der Waals surface area contributed by atoms with Gasteiger partial charge in [0.1, 0.15) is 11.5 Å². The Morgan fingerprint density at radius 2 is 1.75 bits per heavy atom. The number of hydrogen-bond acceptors (Lipinski definition) is 5. The first-order valence-corrected chi connectivity index (χ1v) is 13.4. The maximum atomic E-state index is 12.6. The second-order valence-electron chi connectivity index (χ2n) is 9.57.